The molecule has 62 valence electrons. The van der Waals surface area contributed by atoms with E-state index in [4.69, 9.17) is 20.4 Å². The van der Waals surface area contributed by atoms with Crippen molar-refractivity contribution in [1.82, 2.24) is 0 Å². The van der Waals surface area contributed by atoms with Gasteiger partial charge in [-0.2, -0.15) is 0 Å². The van der Waals surface area contributed by atoms with Gasteiger partial charge in [-0.3, -0.25) is 0 Å². The summed E-state index contributed by atoms with van der Waals surface area (Å²) in [4.78, 5) is 0. The van der Waals surface area contributed by atoms with Gasteiger partial charge in [0.1, 0.15) is 6.10 Å². The summed E-state index contributed by atoms with van der Waals surface area (Å²) >= 11 is 0. The van der Waals surface area contributed by atoms with Crippen molar-refractivity contribution in [3.8, 4) is 0 Å². The minimum Gasteiger partial charge on any atom is -0.390 e. The van der Waals surface area contributed by atoms with Gasteiger partial charge >= 0.3 is 0 Å². The van der Waals surface area contributed by atoms with Gasteiger partial charge in [-0.05, 0) is 6.42 Å². The summed E-state index contributed by atoms with van der Waals surface area (Å²) in [5, 5.41) is 34.4. The van der Waals surface area contributed by atoms with E-state index in [1.807, 2.05) is 6.92 Å². The predicted octanol–water partition coefficient (Wildman–Crippen LogP) is -1.18. The maximum absolute atomic E-state index is 8.92. The van der Waals surface area contributed by atoms with Crippen molar-refractivity contribution in [2.75, 3.05) is 0 Å². The summed E-state index contributed by atoms with van der Waals surface area (Å²) in [7, 11) is 0. The number of aliphatic hydroxyl groups excluding tert-OH is 3. The zero-order chi connectivity index (χ0) is 8.15. The van der Waals surface area contributed by atoms with Crippen molar-refractivity contribution in [1.29, 1.82) is 0 Å². The quantitative estimate of drug-likeness (QED) is 0.380. The SMILES string of the molecule is CCC[C@H](O)[C@@H](O)C(O)O. The van der Waals surface area contributed by atoms with Crippen LogP contribution in [-0.4, -0.2) is 38.9 Å². The highest BCUT2D eigenvalue weighted by Gasteiger charge is 2.21. The Morgan fingerprint density at radius 1 is 1.10 bits per heavy atom. The van der Waals surface area contributed by atoms with Crippen LogP contribution in [0.5, 0.6) is 0 Å². The molecule has 0 bridgehead atoms. The number of rotatable bonds is 4. The van der Waals surface area contributed by atoms with E-state index in [9.17, 15) is 0 Å². The molecule has 0 aromatic rings. The normalized spacial score (nSPS) is 17.4. The highest BCUT2D eigenvalue weighted by atomic mass is 16.5. The van der Waals surface area contributed by atoms with E-state index in [2.05, 4.69) is 0 Å². The lowest BCUT2D eigenvalue weighted by Crippen LogP contribution is -2.36. The van der Waals surface area contributed by atoms with Crippen molar-refractivity contribution in [2.24, 2.45) is 0 Å². The Morgan fingerprint density at radius 3 is 1.90 bits per heavy atom. The van der Waals surface area contributed by atoms with E-state index in [1.54, 1.807) is 0 Å². The van der Waals surface area contributed by atoms with E-state index in [0.29, 0.717) is 12.8 Å². The zero-order valence-electron chi connectivity index (χ0n) is 5.94. The lowest BCUT2D eigenvalue weighted by atomic mass is 10.1. The van der Waals surface area contributed by atoms with Crippen molar-refractivity contribution in [3.63, 3.8) is 0 Å². The maximum Gasteiger partial charge on any atom is 0.180 e. The minimum absolute atomic E-state index is 0.374. The minimum atomic E-state index is -1.85. The Hall–Kier alpha value is -0.160. The second-order valence-corrected chi connectivity index (χ2v) is 2.26. The molecule has 0 rings (SSSR count). The smallest absolute Gasteiger partial charge is 0.180 e. The second-order valence-electron chi connectivity index (χ2n) is 2.26. The van der Waals surface area contributed by atoms with Crippen molar-refractivity contribution < 1.29 is 20.4 Å². The molecule has 0 aromatic carbocycles. The molecule has 4 heteroatoms. The van der Waals surface area contributed by atoms with Crippen molar-refractivity contribution in [3.05, 3.63) is 0 Å². The molecule has 0 aromatic heterocycles. The molecule has 2 atom stereocenters. The third kappa shape index (κ3) is 3.12. The molecule has 0 unspecified atom stereocenters. The third-order valence-corrected chi connectivity index (χ3v) is 1.28. The fourth-order valence-corrected chi connectivity index (χ4v) is 0.665. The molecule has 0 aliphatic carbocycles. The third-order valence-electron chi connectivity index (χ3n) is 1.28. The Kier molecular flexibility index (Phi) is 4.55. The van der Waals surface area contributed by atoms with Gasteiger partial charge in [0.2, 0.25) is 0 Å². The first-order chi connectivity index (χ1) is 4.59. The van der Waals surface area contributed by atoms with Crippen LogP contribution < -0.4 is 0 Å². The lowest BCUT2D eigenvalue weighted by molar-refractivity contribution is -0.158. The van der Waals surface area contributed by atoms with Crippen molar-refractivity contribution in [2.45, 2.75) is 38.3 Å². The van der Waals surface area contributed by atoms with Crippen molar-refractivity contribution >= 4 is 0 Å². The van der Waals surface area contributed by atoms with Gasteiger partial charge in [-0.1, -0.05) is 13.3 Å². The molecule has 0 saturated carbocycles. The Labute approximate surface area is 59.7 Å². The van der Waals surface area contributed by atoms with Crippen LogP contribution in [0.1, 0.15) is 19.8 Å². The maximum atomic E-state index is 8.92. The highest BCUT2D eigenvalue weighted by Crippen LogP contribution is 2.03. The van der Waals surface area contributed by atoms with Crippen LogP contribution >= 0.6 is 0 Å². The van der Waals surface area contributed by atoms with Gasteiger partial charge in [0.15, 0.2) is 6.29 Å². The molecule has 4 N–H and O–H groups in total. The molecule has 0 radical (unpaired) electrons. The van der Waals surface area contributed by atoms with Crippen LogP contribution in [0, 0.1) is 0 Å². The van der Waals surface area contributed by atoms with Gasteiger partial charge in [-0.25, -0.2) is 0 Å². The zero-order valence-corrected chi connectivity index (χ0v) is 5.94. The van der Waals surface area contributed by atoms with Crippen LogP contribution in [0.4, 0.5) is 0 Å². The van der Waals surface area contributed by atoms with E-state index < -0.39 is 18.5 Å². The standard InChI is InChI=1S/C6H14O4/c1-2-3-4(7)5(8)6(9)10/h4-10H,2-3H2,1H3/t4-,5+/m0/s1. The highest BCUT2D eigenvalue weighted by molar-refractivity contribution is 4.67. The van der Waals surface area contributed by atoms with Crippen LogP contribution in [0.2, 0.25) is 0 Å². The molecular formula is C6H14O4. The van der Waals surface area contributed by atoms with Gasteiger partial charge < -0.3 is 20.4 Å². The summed E-state index contributed by atoms with van der Waals surface area (Å²) in [6, 6.07) is 0. The number of hydrogen-bond donors (Lipinski definition) is 4. The van der Waals surface area contributed by atoms with E-state index in [0.717, 1.165) is 0 Å². The number of aliphatic hydroxyl groups is 4. The molecule has 0 aliphatic heterocycles. The van der Waals surface area contributed by atoms with Crippen LogP contribution in [0.25, 0.3) is 0 Å². The van der Waals surface area contributed by atoms with E-state index in [1.165, 1.54) is 0 Å². The number of hydrogen-bond acceptors (Lipinski definition) is 4. The first-order valence-corrected chi connectivity index (χ1v) is 3.31. The molecule has 10 heavy (non-hydrogen) atoms. The van der Waals surface area contributed by atoms with Gasteiger partial charge in [0.05, 0.1) is 6.10 Å². The molecule has 0 heterocycles. The average Bonchev–Trinajstić information content (AvgIpc) is 1.87. The van der Waals surface area contributed by atoms with Crippen LogP contribution in [-0.2, 0) is 0 Å². The Balaban J connectivity index is 3.58. The molecule has 0 aliphatic rings. The van der Waals surface area contributed by atoms with Crippen LogP contribution in [0.15, 0.2) is 0 Å². The molecule has 4 nitrogen and oxygen atoms in total. The topological polar surface area (TPSA) is 80.9 Å². The molecule has 0 fully saturated rings. The summed E-state index contributed by atoms with van der Waals surface area (Å²) in [6.07, 6.45) is -3.25. The molecule has 0 amide bonds. The van der Waals surface area contributed by atoms with E-state index >= 15 is 0 Å². The van der Waals surface area contributed by atoms with Crippen LogP contribution in [0.3, 0.4) is 0 Å². The largest absolute Gasteiger partial charge is 0.390 e. The molecular weight excluding hydrogens is 136 g/mol. The summed E-state index contributed by atoms with van der Waals surface area (Å²) < 4.78 is 0. The summed E-state index contributed by atoms with van der Waals surface area (Å²) in [6.45, 7) is 1.83. The lowest BCUT2D eigenvalue weighted by Gasteiger charge is -2.17. The monoisotopic (exact) mass is 150 g/mol. The fraction of sp³-hybridized carbons (Fsp3) is 1.00. The van der Waals surface area contributed by atoms with Gasteiger partial charge in [0.25, 0.3) is 0 Å². The summed E-state index contributed by atoms with van der Waals surface area (Å²) in [5.74, 6) is 0. The van der Waals surface area contributed by atoms with Gasteiger partial charge in [-0.15, -0.1) is 0 Å². The van der Waals surface area contributed by atoms with E-state index in [-0.39, 0.29) is 0 Å². The first-order valence-electron chi connectivity index (χ1n) is 3.31. The average molecular weight is 150 g/mol. The molecule has 0 saturated heterocycles. The summed E-state index contributed by atoms with van der Waals surface area (Å²) in [5.41, 5.74) is 0. The first kappa shape index (κ1) is 9.84. The predicted molar refractivity (Wildman–Crippen MR) is 35.1 cm³/mol. The molecule has 0 spiro atoms. The Bertz CT molecular complexity index is 83.8. The van der Waals surface area contributed by atoms with Gasteiger partial charge in [0, 0.05) is 0 Å². The fourth-order valence-electron chi connectivity index (χ4n) is 0.665. The Morgan fingerprint density at radius 2 is 1.60 bits per heavy atom. The second kappa shape index (κ2) is 4.62.